The predicted molar refractivity (Wildman–Crippen MR) is 98.8 cm³/mol. The molecule has 0 saturated heterocycles. The third-order valence-electron chi connectivity index (χ3n) is 3.99. The van der Waals surface area contributed by atoms with Crippen LogP contribution in [-0.2, 0) is 18.9 Å². The lowest BCUT2D eigenvalue weighted by atomic mass is 9.99. The fourth-order valence-electron chi connectivity index (χ4n) is 2.66. The highest BCUT2D eigenvalue weighted by Gasteiger charge is 2.34. The van der Waals surface area contributed by atoms with E-state index >= 15 is 0 Å². The summed E-state index contributed by atoms with van der Waals surface area (Å²) in [5.41, 5.74) is -0.498. The summed E-state index contributed by atoms with van der Waals surface area (Å²) in [7, 11) is 0. The first-order chi connectivity index (χ1) is 13.6. The molecule has 0 amide bonds. The van der Waals surface area contributed by atoms with Gasteiger partial charge in [-0.15, -0.1) is 0 Å². The highest BCUT2D eigenvalue weighted by molar-refractivity contribution is 7.97. The molecule has 0 bridgehead atoms. The number of nitrogens with zero attached hydrogens (tertiary/aromatic N) is 1. The summed E-state index contributed by atoms with van der Waals surface area (Å²) in [5.74, 6) is 0. The van der Waals surface area contributed by atoms with Gasteiger partial charge in [-0.25, -0.2) is 0 Å². The summed E-state index contributed by atoms with van der Waals surface area (Å²) in [6.45, 7) is 0.251. The van der Waals surface area contributed by atoms with Crippen LogP contribution in [0.25, 0.3) is 11.1 Å². The number of rotatable bonds is 5. The molecule has 152 valence electrons. The number of pyridine rings is 1. The van der Waals surface area contributed by atoms with E-state index in [-0.39, 0.29) is 12.1 Å². The van der Waals surface area contributed by atoms with Crippen molar-refractivity contribution >= 4 is 11.9 Å². The molecule has 1 heterocycles. The zero-order valence-corrected chi connectivity index (χ0v) is 15.5. The van der Waals surface area contributed by atoms with Gasteiger partial charge >= 0.3 is 12.4 Å². The Morgan fingerprint density at radius 1 is 0.862 bits per heavy atom. The molecule has 0 aliphatic heterocycles. The molecule has 0 fully saturated rings. The van der Waals surface area contributed by atoms with E-state index in [2.05, 4.69) is 9.71 Å². The first-order valence-electron chi connectivity index (χ1n) is 8.32. The maximum atomic E-state index is 13.2. The van der Waals surface area contributed by atoms with E-state index < -0.39 is 23.5 Å². The van der Waals surface area contributed by atoms with Crippen LogP contribution in [0.5, 0.6) is 0 Å². The minimum absolute atomic E-state index is 0.0138. The average Bonchev–Trinajstić information content (AvgIpc) is 2.67. The van der Waals surface area contributed by atoms with Crippen LogP contribution >= 0.6 is 11.9 Å². The second-order valence-electron chi connectivity index (χ2n) is 6.07. The average molecular weight is 428 g/mol. The van der Waals surface area contributed by atoms with Crippen LogP contribution in [0, 0.1) is 0 Å². The number of alkyl halides is 6. The second kappa shape index (κ2) is 8.46. The molecule has 9 heteroatoms. The van der Waals surface area contributed by atoms with Crippen LogP contribution in [-0.4, -0.2) is 4.98 Å². The van der Waals surface area contributed by atoms with Crippen molar-refractivity contribution in [3.05, 3.63) is 83.7 Å². The molecule has 0 saturated carbocycles. The van der Waals surface area contributed by atoms with Crippen LogP contribution in [0.2, 0.25) is 0 Å². The van der Waals surface area contributed by atoms with Crippen molar-refractivity contribution in [1.82, 2.24) is 9.71 Å². The van der Waals surface area contributed by atoms with Gasteiger partial charge in [-0.3, -0.25) is 9.71 Å². The topological polar surface area (TPSA) is 24.9 Å². The van der Waals surface area contributed by atoms with E-state index in [1.807, 2.05) is 0 Å². The van der Waals surface area contributed by atoms with Gasteiger partial charge in [0.25, 0.3) is 0 Å². The Morgan fingerprint density at radius 2 is 1.62 bits per heavy atom. The fourth-order valence-corrected chi connectivity index (χ4v) is 3.40. The molecule has 3 aromatic rings. The monoisotopic (exact) mass is 428 g/mol. The highest BCUT2D eigenvalue weighted by atomic mass is 32.2. The van der Waals surface area contributed by atoms with E-state index in [1.165, 1.54) is 24.4 Å². The maximum absolute atomic E-state index is 13.2. The van der Waals surface area contributed by atoms with E-state index in [9.17, 15) is 26.3 Å². The summed E-state index contributed by atoms with van der Waals surface area (Å²) in [6.07, 6.45) is -6.88. The van der Waals surface area contributed by atoms with Crippen molar-refractivity contribution in [3.63, 3.8) is 0 Å². The van der Waals surface area contributed by atoms with Crippen LogP contribution in [0.4, 0.5) is 26.3 Å². The van der Waals surface area contributed by atoms with Gasteiger partial charge < -0.3 is 0 Å². The van der Waals surface area contributed by atoms with Gasteiger partial charge in [0, 0.05) is 23.8 Å². The SMILES string of the molecule is FC(F)(F)c1cccc(SNCc2cccc(-c3ccncc3C(F)(F)F)c2)c1. The molecule has 3 rings (SSSR count). The van der Waals surface area contributed by atoms with E-state index in [0.717, 1.165) is 30.3 Å². The van der Waals surface area contributed by atoms with Crippen molar-refractivity contribution < 1.29 is 26.3 Å². The predicted octanol–water partition coefficient (Wildman–Crippen LogP) is 6.58. The Labute approximate surface area is 167 Å². The molecule has 0 spiro atoms. The van der Waals surface area contributed by atoms with E-state index in [1.54, 1.807) is 24.3 Å². The van der Waals surface area contributed by atoms with Gasteiger partial charge in [0.1, 0.15) is 0 Å². The van der Waals surface area contributed by atoms with Crippen molar-refractivity contribution in [3.8, 4) is 11.1 Å². The minimum atomic E-state index is -4.53. The Bertz CT molecular complexity index is 985. The summed E-state index contributed by atoms with van der Waals surface area (Å²) in [4.78, 5) is 3.93. The third-order valence-corrected chi connectivity index (χ3v) is 4.77. The molecule has 0 unspecified atom stereocenters. The summed E-state index contributed by atoms with van der Waals surface area (Å²) in [6, 6.07) is 12.7. The number of benzene rings is 2. The molecule has 1 N–H and O–H groups in total. The first kappa shape index (κ1) is 21.2. The van der Waals surface area contributed by atoms with Crippen molar-refractivity contribution in [2.24, 2.45) is 0 Å². The number of hydrogen-bond acceptors (Lipinski definition) is 3. The molecule has 29 heavy (non-hydrogen) atoms. The lowest BCUT2D eigenvalue weighted by molar-refractivity contribution is -0.138. The zero-order chi connectivity index (χ0) is 21.1. The Morgan fingerprint density at radius 3 is 2.34 bits per heavy atom. The number of aromatic nitrogens is 1. The minimum Gasteiger partial charge on any atom is -0.264 e. The molecule has 1 aromatic heterocycles. The van der Waals surface area contributed by atoms with Gasteiger partial charge in [-0.05, 0) is 59.0 Å². The van der Waals surface area contributed by atoms with Gasteiger partial charge in [0.15, 0.2) is 0 Å². The molecule has 2 nitrogen and oxygen atoms in total. The fraction of sp³-hybridized carbons (Fsp3) is 0.150. The van der Waals surface area contributed by atoms with E-state index in [0.29, 0.717) is 16.0 Å². The lowest BCUT2D eigenvalue weighted by Gasteiger charge is -2.13. The summed E-state index contributed by atoms with van der Waals surface area (Å²) in [5, 5.41) is 0. The van der Waals surface area contributed by atoms with Gasteiger partial charge in [-0.1, -0.05) is 24.3 Å². The first-order valence-corrected chi connectivity index (χ1v) is 9.14. The maximum Gasteiger partial charge on any atom is 0.418 e. The molecular formula is C20H14F6N2S. The standard InChI is InChI=1S/C20H14F6N2S/c21-19(22,23)15-5-2-6-16(10-15)29-28-11-13-3-1-4-14(9-13)17-7-8-27-12-18(17)20(24,25)26/h1-10,12,28H,11H2. The van der Waals surface area contributed by atoms with Crippen LogP contribution in [0.15, 0.2) is 71.9 Å². The Hall–Kier alpha value is -2.52. The van der Waals surface area contributed by atoms with Crippen molar-refractivity contribution in [1.29, 1.82) is 0 Å². The Kier molecular flexibility index (Phi) is 6.18. The normalized spacial score (nSPS) is 12.2. The van der Waals surface area contributed by atoms with Crippen LogP contribution < -0.4 is 4.72 Å². The quantitative estimate of drug-likeness (QED) is 0.367. The van der Waals surface area contributed by atoms with Gasteiger partial charge in [-0.2, -0.15) is 26.3 Å². The number of nitrogens with one attached hydrogen (secondary N) is 1. The van der Waals surface area contributed by atoms with E-state index in [4.69, 9.17) is 0 Å². The van der Waals surface area contributed by atoms with Crippen molar-refractivity contribution in [2.45, 2.75) is 23.8 Å². The summed E-state index contributed by atoms with van der Waals surface area (Å²) >= 11 is 1.01. The van der Waals surface area contributed by atoms with Crippen molar-refractivity contribution in [2.75, 3.05) is 0 Å². The Balaban J connectivity index is 1.72. The largest absolute Gasteiger partial charge is 0.418 e. The highest BCUT2D eigenvalue weighted by Crippen LogP contribution is 2.36. The smallest absolute Gasteiger partial charge is 0.264 e. The molecule has 0 radical (unpaired) electrons. The van der Waals surface area contributed by atoms with Gasteiger partial charge in [0.2, 0.25) is 0 Å². The third kappa shape index (κ3) is 5.51. The number of hydrogen-bond donors (Lipinski definition) is 1. The number of halogens is 6. The lowest BCUT2D eigenvalue weighted by Crippen LogP contribution is -2.08. The van der Waals surface area contributed by atoms with Crippen LogP contribution in [0.1, 0.15) is 16.7 Å². The zero-order valence-electron chi connectivity index (χ0n) is 14.7. The van der Waals surface area contributed by atoms with Crippen LogP contribution in [0.3, 0.4) is 0 Å². The molecule has 0 aliphatic rings. The summed E-state index contributed by atoms with van der Waals surface area (Å²) < 4.78 is 80.8. The molecular weight excluding hydrogens is 414 g/mol. The molecule has 0 aliphatic carbocycles. The molecule has 0 atom stereocenters. The second-order valence-corrected chi connectivity index (χ2v) is 7.03. The van der Waals surface area contributed by atoms with Gasteiger partial charge in [0.05, 0.1) is 11.1 Å². The molecule has 2 aromatic carbocycles.